The Bertz CT molecular complexity index is 340. The topological polar surface area (TPSA) is 24.5 Å². The summed E-state index contributed by atoms with van der Waals surface area (Å²) in [7, 11) is 2.05. The van der Waals surface area contributed by atoms with Crippen LogP contribution in [0.3, 0.4) is 0 Å². The van der Waals surface area contributed by atoms with E-state index >= 15 is 0 Å². The van der Waals surface area contributed by atoms with Crippen molar-refractivity contribution in [1.29, 1.82) is 0 Å². The Balaban J connectivity index is 1.60. The molecule has 1 fully saturated rings. The number of ether oxygens (including phenoxy) is 1. The van der Waals surface area contributed by atoms with E-state index in [1.54, 1.807) is 0 Å². The van der Waals surface area contributed by atoms with Gasteiger partial charge in [0.15, 0.2) is 0 Å². The van der Waals surface area contributed by atoms with Gasteiger partial charge in [-0.1, -0.05) is 18.2 Å². The van der Waals surface area contributed by atoms with Crippen LogP contribution in [0.5, 0.6) is 5.75 Å². The lowest BCUT2D eigenvalue weighted by Gasteiger charge is -2.32. The van der Waals surface area contributed by atoms with Crippen molar-refractivity contribution in [3.63, 3.8) is 0 Å². The molecular formula is C16H26N2O. The van der Waals surface area contributed by atoms with Crippen molar-refractivity contribution in [1.82, 2.24) is 10.2 Å². The second-order valence-electron chi connectivity index (χ2n) is 5.38. The van der Waals surface area contributed by atoms with Gasteiger partial charge in [0.25, 0.3) is 0 Å². The van der Waals surface area contributed by atoms with E-state index in [2.05, 4.69) is 10.2 Å². The predicted octanol–water partition coefficient (Wildman–Crippen LogP) is 2.39. The van der Waals surface area contributed by atoms with Crippen LogP contribution in [0.1, 0.15) is 19.3 Å². The molecule has 1 atom stereocenters. The van der Waals surface area contributed by atoms with E-state index in [0.717, 1.165) is 37.8 Å². The Morgan fingerprint density at radius 1 is 1.32 bits per heavy atom. The van der Waals surface area contributed by atoms with Gasteiger partial charge in [-0.2, -0.15) is 0 Å². The molecule has 3 nitrogen and oxygen atoms in total. The molecule has 0 saturated carbocycles. The summed E-state index contributed by atoms with van der Waals surface area (Å²) in [6.45, 7) is 5.62. The molecule has 0 amide bonds. The molecule has 1 heterocycles. The third-order valence-corrected chi connectivity index (χ3v) is 3.73. The normalized spacial score (nSPS) is 20.4. The van der Waals surface area contributed by atoms with Crippen molar-refractivity contribution >= 4 is 0 Å². The van der Waals surface area contributed by atoms with Gasteiger partial charge in [-0.25, -0.2) is 0 Å². The van der Waals surface area contributed by atoms with E-state index in [1.165, 1.54) is 25.9 Å². The summed E-state index contributed by atoms with van der Waals surface area (Å²) in [5.41, 5.74) is 0. The zero-order chi connectivity index (χ0) is 13.3. The van der Waals surface area contributed by atoms with E-state index in [4.69, 9.17) is 4.74 Å². The Kier molecular flexibility index (Phi) is 6.18. The quantitative estimate of drug-likeness (QED) is 0.764. The lowest BCUT2D eigenvalue weighted by Crippen LogP contribution is -2.39. The van der Waals surface area contributed by atoms with Crippen LogP contribution in [0.25, 0.3) is 0 Å². The number of benzene rings is 1. The van der Waals surface area contributed by atoms with Gasteiger partial charge in [-0.05, 0) is 57.5 Å². The number of piperidine rings is 1. The fraction of sp³-hybridized carbons (Fsp3) is 0.625. The van der Waals surface area contributed by atoms with Crippen molar-refractivity contribution in [3.8, 4) is 5.75 Å². The van der Waals surface area contributed by atoms with Gasteiger partial charge >= 0.3 is 0 Å². The second-order valence-corrected chi connectivity index (χ2v) is 5.38. The van der Waals surface area contributed by atoms with E-state index in [0.29, 0.717) is 0 Å². The zero-order valence-corrected chi connectivity index (χ0v) is 12.0. The summed E-state index contributed by atoms with van der Waals surface area (Å²) in [6, 6.07) is 10.1. The summed E-state index contributed by atoms with van der Waals surface area (Å²) in [4.78, 5) is 2.58. The highest BCUT2D eigenvalue weighted by molar-refractivity contribution is 5.20. The number of rotatable bonds is 7. The average molecular weight is 262 g/mol. The van der Waals surface area contributed by atoms with Gasteiger partial charge in [0.1, 0.15) is 5.75 Å². The Hall–Kier alpha value is -1.06. The van der Waals surface area contributed by atoms with Crippen LogP contribution in [0, 0.1) is 5.92 Å². The van der Waals surface area contributed by atoms with Crippen LogP contribution in [0.4, 0.5) is 0 Å². The van der Waals surface area contributed by atoms with Gasteiger partial charge in [-0.15, -0.1) is 0 Å². The minimum atomic E-state index is 0.817. The maximum Gasteiger partial charge on any atom is 0.119 e. The fourth-order valence-electron chi connectivity index (χ4n) is 2.80. The number of para-hydroxylation sites is 1. The van der Waals surface area contributed by atoms with E-state index in [1.807, 2.05) is 37.4 Å². The molecular weight excluding hydrogens is 236 g/mol. The van der Waals surface area contributed by atoms with Gasteiger partial charge < -0.3 is 15.0 Å². The number of hydrogen-bond donors (Lipinski definition) is 1. The first kappa shape index (κ1) is 14.4. The first-order chi connectivity index (χ1) is 9.38. The molecule has 1 aromatic rings. The summed E-state index contributed by atoms with van der Waals surface area (Å²) < 4.78 is 5.73. The Morgan fingerprint density at radius 3 is 2.95 bits per heavy atom. The molecule has 1 aromatic carbocycles. The first-order valence-corrected chi connectivity index (χ1v) is 7.43. The third kappa shape index (κ3) is 5.21. The third-order valence-electron chi connectivity index (χ3n) is 3.73. The van der Waals surface area contributed by atoms with Gasteiger partial charge in [-0.3, -0.25) is 0 Å². The zero-order valence-electron chi connectivity index (χ0n) is 12.0. The Morgan fingerprint density at radius 2 is 2.16 bits per heavy atom. The van der Waals surface area contributed by atoms with Crippen LogP contribution in [-0.2, 0) is 0 Å². The monoisotopic (exact) mass is 262 g/mol. The van der Waals surface area contributed by atoms with Crippen LogP contribution in [0.15, 0.2) is 30.3 Å². The minimum absolute atomic E-state index is 0.817. The number of nitrogens with one attached hydrogen (secondary N) is 1. The average Bonchev–Trinajstić information content (AvgIpc) is 2.46. The maximum absolute atomic E-state index is 5.73. The molecule has 0 spiro atoms. The summed E-state index contributed by atoms with van der Waals surface area (Å²) >= 11 is 0. The molecule has 1 aliphatic heterocycles. The summed E-state index contributed by atoms with van der Waals surface area (Å²) in [6.07, 6.45) is 3.82. The van der Waals surface area contributed by atoms with Crippen molar-refractivity contribution in [3.05, 3.63) is 30.3 Å². The highest BCUT2D eigenvalue weighted by Gasteiger charge is 2.18. The molecule has 106 valence electrons. The molecule has 1 aliphatic rings. The molecule has 0 bridgehead atoms. The minimum Gasteiger partial charge on any atom is -0.494 e. The van der Waals surface area contributed by atoms with E-state index in [9.17, 15) is 0 Å². The van der Waals surface area contributed by atoms with Crippen molar-refractivity contribution in [2.24, 2.45) is 5.92 Å². The molecule has 0 radical (unpaired) electrons. The van der Waals surface area contributed by atoms with Gasteiger partial charge in [0.2, 0.25) is 0 Å². The van der Waals surface area contributed by atoms with Crippen molar-refractivity contribution < 1.29 is 4.74 Å². The summed E-state index contributed by atoms with van der Waals surface area (Å²) in [5, 5.41) is 3.30. The van der Waals surface area contributed by atoms with Crippen LogP contribution >= 0.6 is 0 Å². The van der Waals surface area contributed by atoms with Gasteiger partial charge in [0, 0.05) is 13.1 Å². The predicted molar refractivity (Wildman–Crippen MR) is 79.6 cm³/mol. The van der Waals surface area contributed by atoms with Crippen LogP contribution in [0.2, 0.25) is 0 Å². The largest absolute Gasteiger partial charge is 0.494 e. The molecule has 1 saturated heterocycles. The standard InChI is InChI=1S/C16H26N2O/c1-17-13-15-7-5-10-18(14-15)11-6-12-19-16-8-3-2-4-9-16/h2-4,8-9,15,17H,5-7,10-14H2,1H3. The molecule has 0 aromatic heterocycles. The first-order valence-electron chi connectivity index (χ1n) is 7.43. The van der Waals surface area contributed by atoms with Crippen LogP contribution in [-0.4, -0.2) is 44.7 Å². The fourth-order valence-corrected chi connectivity index (χ4v) is 2.80. The van der Waals surface area contributed by atoms with Crippen molar-refractivity contribution in [2.45, 2.75) is 19.3 Å². The molecule has 19 heavy (non-hydrogen) atoms. The van der Waals surface area contributed by atoms with E-state index < -0.39 is 0 Å². The molecule has 3 heteroatoms. The molecule has 1 N–H and O–H groups in total. The smallest absolute Gasteiger partial charge is 0.119 e. The van der Waals surface area contributed by atoms with Crippen molar-refractivity contribution in [2.75, 3.05) is 39.8 Å². The van der Waals surface area contributed by atoms with Gasteiger partial charge in [0.05, 0.1) is 6.61 Å². The molecule has 2 rings (SSSR count). The molecule has 0 aliphatic carbocycles. The summed E-state index contributed by atoms with van der Waals surface area (Å²) in [5.74, 6) is 1.81. The molecule has 1 unspecified atom stereocenters. The van der Waals surface area contributed by atoms with E-state index in [-0.39, 0.29) is 0 Å². The lowest BCUT2D eigenvalue weighted by atomic mass is 9.98. The Labute approximate surface area is 116 Å². The highest BCUT2D eigenvalue weighted by Crippen LogP contribution is 2.16. The number of likely N-dealkylation sites (tertiary alicyclic amines) is 1. The van der Waals surface area contributed by atoms with Crippen LogP contribution < -0.4 is 10.1 Å². The lowest BCUT2D eigenvalue weighted by molar-refractivity contribution is 0.161. The highest BCUT2D eigenvalue weighted by atomic mass is 16.5. The maximum atomic E-state index is 5.73. The second kappa shape index (κ2) is 8.18. The SMILES string of the molecule is CNCC1CCCN(CCCOc2ccccc2)C1. The number of nitrogens with zero attached hydrogens (tertiary/aromatic N) is 1. The number of hydrogen-bond acceptors (Lipinski definition) is 3.